The highest BCUT2D eigenvalue weighted by molar-refractivity contribution is 5.77. The number of tetrazole rings is 1. The van der Waals surface area contributed by atoms with E-state index in [1.807, 2.05) is 48.7 Å². The fourth-order valence-electron chi connectivity index (χ4n) is 4.16. The summed E-state index contributed by atoms with van der Waals surface area (Å²) in [5.41, 5.74) is 5.36. The highest BCUT2D eigenvalue weighted by Gasteiger charge is 2.16. The van der Waals surface area contributed by atoms with E-state index in [0.29, 0.717) is 29.3 Å². The molecule has 0 aliphatic heterocycles. The van der Waals surface area contributed by atoms with E-state index in [1.165, 1.54) is 0 Å². The van der Waals surface area contributed by atoms with Crippen molar-refractivity contribution in [2.45, 2.75) is 26.3 Å². The summed E-state index contributed by atoms with van der Waals surface area (Å²) in [7, 11) is 0. The Morgan fingerprint density at radius 2 is 1.89 bits per heavy atom. The minimum absolute atomic E-state index is 0.160. The van der Waals surface area contributed by atoms with Gasteiger partial charge in [0.15, 0.2) is 5.82 Å². The molecule has 0 amide bonds. The van der Waals surface area contributed by atoms with Crippen LogP contribution in [0.5, 0.6) is 0 Å². The highest BCUT2D eigenvalue weighted by Crippen LogP contribution is 2.28. The number of hydrogen-bond acceptors (Lipinski definition) is 6. The van der Waals surface area contributed by atoms with Gasteiger partial charge in [-0.1, -0.05) is 55.8 Å². The number of aromatic amines is 1. The number of nitrogens with one attached hydrogen (secondary N) is 1. The molecule has 5 rings (SSSR count). The average molecular weight is 463 g/mol. The third kappa shape index (κ3) is 4.25. The lowest BCUT2D eigenvalue weighted by Crippen LogP contribution is -2.25. The number of imidazole rings is 1. The average Bonchev–Trinajstić information content (AvgIpc) is 3.54. The lowest BCUT2D eigenvalue weighted by molar-refractivity contribution is 0.691. The molecule has 5 aromatic rings. The molecule has 3 aromatic heterocycles. The number of pyridine rings is 1. The number of aryl methyl sites for hydroxylation is 1. The summed E-state index contributed by atoms with van der Waals surface area (Å²) in [5.74, 6) is 0.499. The first-order valence-corrected chi connectivity index (χ1v) is 11.3. The van der Waals surface area contributed by atoms with E-state index in [0.717, 1.165) is 35.2 Å². The molecular formula is C26H22N8O. The van der Waals surface area contributed by atoms with Gasteiger partial charge in [0.05, 0.1) is 17.8 Å². The molecule has 0 aliphatic carbocycles. The minimum atomic E-state index is -0.160. The van der Waals surface area contributed by atoms with Crippen LogP contribution in [-0.2, 0) is 13.0 Å². The highest BCUT2D eigenvalue weighted by atomic mass is 16.1. The Labute approximate surface area is 201 Å². The van der Waals surface area contributed by atoms with E-state index in [4.69, 9.17) is 0 Å². The molecule has 3 heterocycles. The summed E-state index contributed by atoms with van der Waals surface area (Å²) in [5, 5.41) is 23.5. The molecule has 35 heavy (non-hydrogen) atoms. The number of benzene rings is 2. The molecule has 0 atom stereocenters. The van der Waals surface area contributed by atoms with Crippen molar-refractivity contribution in [3.63, 3.8) is 0 Å². The maximum atomic E-state index is 13.4. The lowest BCUT2D eigenvalue weighted by atomic mass is 10.0. The maximum Gasteiger partial charge on any atom is 0.333 e. The Bertz CT molecular complexity index is 1560. The zero-order valence-electron chi connectivity index (χ0n) is 19.1. The largest absolute Gasteiger partial charge is 0.333 e. The number of hydrogen-bond donors (Lipinski definition) is 1. The van der Waals surface area contributed by atoms with Crippen LogP contribution in [0.15, 0.2) is 77.9 Å². The number of rotatable bonds is 7. The first-order chi connectivity index (χ1) is 17.2. The second-order valence-electron chi connectivity index (χ2n) is 8.08. The molecular weight excluding hydrogens is 440 g/mol. The summed E-state index contributed by atoms with van der Waals surface area (Å²) in [6, 6.07) is 21.2. The van der Waals surface area contributed by atoms with Gasteiger partial charge in [0.1, 0.15) is 11.8 Å². The molecule has 1 N–H and O–H groups in total. The number of nitriles is 1. The second-order valence-corrected chi connectivity index (χ2v) is 8.08. The van der Waals surface area contributed by atoms with Gasteiger partial charge in [-0.2, -0.15) is 5.26 Å². The number of H-pyrrole nitrogens is 1. The van der Waals surface area contributed by atoms with Crippen LogP contribution in [0.25, 0.3) is 28.3 Å². The molecule has 0 aliphatic rings. The van der Waals surface area contributed by atoms with Crippen LogP contribution in [0.4, 0.5) is 0 Å². The summed E-state index contributed by atoms with van der Waals surface area (Å²) in [4.78, 5) is 17.8. The summed E-state index contributed by atoms with van der Waals surface area (Å²) < 4.78 is 3.35. The van der Waals surface area contributed by atoms with Gasteiger partial charge in [-0.25, -0.2) is 9.89 Å². The molecule has 0 fully saturated rings. The van der Waals surface area contributed by atoms with Crippen molar-refractivity contribution in [2.24, 2.45) is 0 Å². The van der Waals surface area contributed by atoms with Crippen molar-refractivity contribution >= 4 is 0 Å². The Hall–Kier alpha value is -4.84. The Morgan fingerprint density at radius 1 is 1.06 bits per heavy atom. The van der Waals surface area contributed by atoms with Crippen LogP contribution >= 0.6 is 0 Å². The van der Waals surface area contributed by atoms with E-state index < -0.39 is 0 Å². The quantitative estimate of drug-likeness (QED) is 0.393. The predicted octanol–water partition coefficient (Wildman–Crippen LogP) is 3.75. The van der Waals surface area contributed by atoms with Gasteiger partial charge >= 0.3 is 5.69 Å². The van der Waals surface area contributed by atoms with Crippen LogP contribution in [0.1, 0.15) is 30.2 Å². The van der Waals surface area contributed by atoms with Gasteiger partial charge in [-0.05, 0) is 46.2 Å². The molecule has 9 nitrogen and oxygen atoms in total. The van der Waals surface area contributed by atoms with Crippen LogP contribution in [0.3, 0.4) is 0 Å². The van der Waals surface area contributed by atoms with E-state index in [1.54, 1.807) is 33.5 Å². The van der Waals surface area contributed by atoms with Gasteiger partial charge in [0.2, 0.25) is 0 Å². The van der Waals surface area contributed by atoms with Crippen LogP contribution < -0.4 is 5.69 Å². The van der Waals surface area contributed by atoms with Crippen molar-refractivity contribution in [2.75, 3.05) is 0 Å². The topological polar surface area (TPSA) is 118 Å². The molecule has 2 aromatic carbocycles. The number of para-hydroxylation sites is 1. The normalized spacial score (nSPS) is 10.9. The zero-order chi connectivity index (χ0) is 24.2. The van der Waals surface area contributed by atoms with E-state index >= 15 is 0 Å². The van der Waals surface area contributed by atoms with E-state index in [9.17, 15) is 10.1 Å². The predicted molar refractivity (Wildman–Crippen MR) is 131 cm³/mol. The van der Waals surface area contributed by atoms with Crippen molar-refractivity contribution in [1.82, 2.24) is 34.7 Å². The molecule has 0 bridgehead atoms. The fraction of sp³-hybridized carbons (Fsp3) is 0.154. The van der Waals surface area contributed by atoms with Crippen LogP contribution in [0, 0.1) is 11.3 Å². The summed E-state index contributed by atoms with van der Waals surface area (Å²) >= 11 is 0. The monoisotopic (exact) mass is 462 g/mol. The lowest BCUT2D eigenvalue weighted by Gasteiger charge is -2.09. The fourth-order valence-corrected chi connectivity index (χ4v) is 4.16. The van der Waals surface area contributed by atoms with Crippen LogP contribution in [-0.4, -0.2) is 34.7 Å². The Morgan fingerprint density at radius 3 is 2.63 bits per heavy atom. The van der Waals surface area contributed by atoms with Crippen molar-refractivity contribution in [3.05, 3.63) is 100 Å². The van der Waals surface area contributed by atoms with Gasteiger partial charge in [-0.15, -0.1) is 5.10 Å². The zero-order valence-corrected chi connectivity index (χ0v) is 19.1. The second kappa shape index (κ2) is 9.57. The van der Waals surface area contributed by atoms with Gasteiger partial charge in [0.25, 0.3) is 0 Å². The van der Waals surface area contributed by atoms with Gasteiger partial charge < -0.3 is 0 Å². The summed E-state index contributed by atoms with van der Waals surface area (Å²) in [6.07, 6.45) is 5.22. The van der Waals surface area contributed by atoms with Crippen molar-refractivity contribution in [1.29, 1.82) is 5.26 Å². The Balaban J connectivity index is 1.49. The first kappa shape index (κ1) is 22.0. The number of nitrogens with zero attached hydrogens (tertiary/aromatic N) is 7. The van der Waals surface area contributed by atoms with E-state index in [2.05, 4.69) is 38.6 Å². The first-order valence-electron chi connectivity index (χ1n) is 11.3. The van der Waals surface area contributed by atoms with Crippen LogP contribution in [0.2, 0.25) is 0 Å². The van der Waals surface area contributed by atoms with Gasteiger partial charge in [-0.3, -0.25) is 14.1 Å². The molecule has 0 unspecified atom stereocenters. The van der Waals surface area contributed by atoms with Gasteiger partial charge in [0, 0.05) is 23.7 Å². The Kier molecular flexibility index (Phi) is 6.01. The number of aromatic nitrogens is 7. The van der Waals surface area contributed by atoms with E-state index in [-0.39, 0.29) is 5.69 Å². The smallest absolute Gasteiger partial charge is 0.292 e. The third-order valence-corrected chi connectivity index (χ3v) is 5.83. The molecule has 0 saturated carbocycles. The molecule has 0 spiro atoms. The molecule has 9 heteroatoms. The standard InChI is InChI=1S/C26H22N8O/c1-2-6-21-17-34(23-9-4-3-7-20(23)15-27)26(35)33(21)16-18-10-12-19(13-11-18)22-8-5-14-28-24(22)25-29-31-32-30-25/h3-5,7-14,17H,2,6,16H2,1H3,(H,29,30,31,32). The van der Waals surface area contributed by atoms with Crippen molar-refractivity contribution in [3.8, 4) is 34.4 Å². The molecule has 0 radical (unpaired) electrons. The molecule has 172 valence electrons. The van der Waals surface area contributed by atoms with Crippen molar-refractivity contribution < 1.29 is 0 Å². The third-order valence-electron chi connectivity index (χ3n) is 5.83. The minimum Gasteiger partial charge on any atom is -0.292 e. The molecule has 0 saturated heterocycles. The SMILES string of the molecule is CCCc1cn(-c2ccccc2C#N)c(=O)n1Cc1ccc(-c2cccnc2-c2nnn[nH]2)cc1. The maximum absolute atomic E-state index is 13.4. The summed E-state index contributed by atoms with van der Waals surface area (Å²) in [6.45, 7) is 2.52.